The molecule has 1 aromatic carbocycles. The fourth-order valence-electron chi connectivity index (χ4n) is 3.23. The predicted molar refractivity (Wildman–Crippen MR) is 115 cm³/mol. The lowest BCUT2D eigenvalue weighted by molar-refractivity contribution is 0.687. The summed E-state index contributed by atoms with van der Waals surface area (Å²) in [5, 5.41) is 18.9. The van der Waals surface area contributed by atoms with Gasteiger partial charge < -0.3 is 16.8 Å². The van der Waals surface area contributed by atoms with Gasteiger partial charge in [0.15, 0.2) is 11.8 Å². The Morgan fingerprint density at radius 3 is 2.96 bits per heavy atom. The number of anilines is 2. The smallest absolute Gasteiger partial charge is 0.193 e. The predicted octanol–water partition coefficient (Wildman–Crippen LogP) is 2.72. The van der Waals surface area contributed by atoms with E-state index in [-0.39, 0.29) is 29.8 Å². The Morgan fingerprint density at radius 2 is 2.15 bits per heavy atom. The molecule has 138 valence electrons. The van der Waals surface area contributed by atoms with Crippen LogP contribution in [0.2, 0.25) is 0 Å². The molecule has 0 fully saturated rings. The zero-order valence-corrected chi connectivity index (χ0v) is 16.9. The van der Waals surface area contributed by atoms with Crippen LogP contribution in [0.5, 0.6) is 0 Å². The molecule has 0 saturated carbocycles. The van der Waals surface area contributed by atoms with E-state index in [1.807, 2.05) is 0 Å². The molecule has 1 heterocycles. The number of nitrogen functional groups attached to an aromatic ring is 1. The van der Waals surface area contributed by atoms with Crippen molar-refractivity contribution in [1.82, 2.24) is 10.2 Å². The highest BCUT2D eigenvalue weighted by Crippen LogP contribution is 2.27. The zero-order valence-electron chi connectivity index (χ0n) is 14.6. The summed E-state index contributed by atoms with van der Waals surface area (Å²) >= 11 is 0. The van der Waals surface area contributed by atoms with Crippen LogP contribution in [0, 0.1) is 11.3 Å². The van der Waals surface area contributed by atoms with E-state index in [9.17, 15) is 0 Å². The van der Waals surface area contributed by atoms with Crippen molar-refractivity contribution < 1.29 is 0 Å². The Balaban J connectivity index is 0.00000243. The molecular formula is C18H24IN7. The first-order chi connectivity index (χ1) is 12.2. The summed E-state index contributed by atoms with van der Waals surface area (Å²) < 4.78 is 0. The maximum atomic E-state index is 9.05. The Hall–Kier alpha value is -2.28. The van der Waals surface area contributed by atoms with Crippen molar-refractivity contribution in [2.75, 3.05) is 17.6 Å². The minimum absolute atomic E-state index is 0. The minimum atomic E-state index is 0. The number of nitrogens with two attached hydrogens (primary N) is 2. The van der Waals surface area contributed by atoms with Gasteiger partial charge in [-0.2, -0.15) is 10.4 Å². The summed E-state index contributed by atoms with van der Waals surface area (Å²) in [6.45, 7) is 0.567. The molecule has 0 bridgehead atoms. The van der Waals surface area contributed by atoms with Crippen LogP contribution in [0.25, 0.3) is 0 Å². The molecule has 1 aliphatic carbocycles. The molecule has 0 atom stereocenters. The van der Waals surface area contributed by atoms with E-state index in [1.165, 1.54) is 24.0 Å². The molecule has 0 unspecified atom stereocenters. The molecule has 3 rings (SSSR count). The van der Waals surface area contributed by atoms with Crippen LogP contribution in [-0.4, -0.2) is 22.7 Å². The lowest BCUT2D eigenvalue weighted by Gasteiger charge is -2.19. The second-order valence-corrected chi connectivity index (χ2v) is 6.22. The fraction of sp³-hybridized carbons (Fsp3) is 0.389. The highest BCUT2D eigenvalue weighted by molar-refractivity contribution is 14.0. The molecule has 1 aliphatic rings. The number of benzene rings is 1. The minimum Gasteiger partial charge on any atom is -0.381 e. The number of hydrogen-bond donors (Lipinski definition) is 4. The molecule has 26 heavy (non-hydrogen) atoms. The van der Waals surface area contributed by atoms with Crippen LogP contribution in [0.4, 0.5) is 11.5 Å². The van der Waals surface area contributed by atoms with Crippen molar-refractivity contribution in [3.63, 3.8) is 0 Å². The number of hydrogen-bond acceptors (Lipinski definition) is 4. The highest BCUT2D eigenvalue weighted by atomic mass is 127. The highest BCUT2D eigenvalue weighted by Gasteiger charge is 2.13. The summed E-state index contributed by atoms with van der Waals surface area (Å²) in [5.74, 6) is 0.666. The number of nitrogens with zero attached hydrogens (tertiary/aromatic N) is 3. The van der Waals surface area contributed by atoms with Gasteiger partial charge in [-0.15, -0.1) is 24.0 Å². The zero-order chi connectivity index (χ0) is 17.6. The molecule has 0 aliphatic heterocycles. The van der Waals surface area contributed by atoms with Crippen LogP contribution >= 0.6 is 24.0 Å². The SMILES string of the molecule is I.N#Cc1c(N)n[nH]c1CCCN=C(N)Nc1cccc2c1CCCC2. The quantitative estimate of drug-likeness (QED) is 0.234. The van der Waals surface area contributed by atoms with Crippen molar-refractivity contribution in [3.8, 4) is 6.07 Å². The number of fused-ring (bicyclic) bond motifs is 1. The summed E-state index contributed by atoms with van der Waals surface area (Å²) in [5.41, 5.74) is 16.6. The number of guanidine groups is 1. The van der Waals surface area contributed by atoms with Crippen LogP contribution < -0.4 is 16.8 Å². The van der Waals surface area contributed by atoms with E-state index in [0.29, 0.717) is 24.5 Å². The van der Waals surface area contributed by atoms with Crippen molar-refractivity contribution in [1.29, 1.82) is 5.26 Å². The molecule has 1 aromatic heterocycles. The van der Waals surface area contributed by atoms with E-state index in [4.69, 9.17) is 16.7 Å². The molecule has 8 heteroatoms. The first-order valence-electron chi connectivity index (χ1n) is 8.59. The molecule has 6 N–H and O–H groups in total. The Bertz CT molecular complexity index is 819. The second-order valence-electron chi connectivity index (χ2n) is 6.22. The summed E-state index contributed by atoms with van der Waals surface area (Å²) in [6, 6.07) is 8.37. The summed E-state index contributed by atoms with van der Waals surface area (Å²) in [7, 11) is 0. The lowest BCUT2D eigenvalue weighted by atomic mass is 9.90. The largest absolute Gasteiger partial charge is 0.381 e. The Labute approximate surface area is 170 Å². The topological polar surface area (TPSA) is 129 Å². The van der Waals surface area contributed by atoms with Gasteiger partial charge in [-0.05, 0) is 55.7 Å². The average molecular weight is 465 g/mol. The first kappa shape index (κ1) is 20.0. The second kappa shape index (κ2) is 9.43. The van der Waals surface area contributed by atoms with Crippen LogP contribution in [0.1, 0.15) is 41.6 Å². The molecule has 0 amide bonds. The number of nitrogens with one attached hydrogen (secondary N) is 2. The summed E-state index contributed by atoms with van der Waals surface area (Å²) in [4.78, 5) is 4.38. The van der Waals surface area contributed by atoms with E-state index >= 15 is 0 Å². The van der Waals surface area contributed by atoms with Gasteiger partial charge in [-0.3, -0.25) is 10.1 Å². The molecule has 0 radical (unpaired) electrons. The van der Waals surface area contributed by atoms with Crippen LogP contribution in [0.15, 0.2) is 23.2 Å². The third kappa shape index (κ3) is 4.66. The normalized spacial score (nSPS) is 13.4. The summed E-state index contributed by atoms with van der Waals surface area (Å²) in [6.07, 6.45) is 6.11. The third-order valence-electron chi connectivity index (χ3n) is 4.51. The number of rotatable bonds is 5. The van der Waals surface area contributed by atoms with Gasteiger partial charge >= 0.3 is 0 Å². The molecule has 2 aromatic rings. The standard InChI is InChI=1S/C18H23N7.HI/c19-11-14-16(24-25-17(14)20)9-4-10-22-18(21)23-15-8-3-6-12-5-1-2-7-13(12)15;/h3,6,8H,1-2,4-5,7,9-10H2,(H3,20,24,25)(H3,21,22,23);1H. The van der Waals surface area contributed by atoms with Gasteiger partial charge in [0, 0.05) is 12.2 Å². The lowest BCUT2D eigenvalue weighted by Crippen LogP contribution is -2.24. The number of nitriles is 1. The molecular weight excluding hydrogens is 441 g/mol. The number of aryl methyl sites for hydroxylation is 2. The third-order valence-corrected chi connectivity index (χ3v) is 4.51. The fourth-order valence-corrected chi connectivity index (χ4v) is 3.23. The number of H-pyrrole nitrogens is 1. The van der Waals surface area contributed by atoms with E-state index in [1.54, 1.807) is 0 Å². The maximum Gasteiger partial charge on any atom is 0.193 e. The van der Waals surface area contributed by atoms with Gasteiger partial charge in [-0.1, -0.05) is 12.1 Å². The van der Waals surface area contributed by atoms with Gasteiger partial charge in [0.1, 0.15) is 11.6 Å². The molecule has 7 nitrogen and oxygen atoms in total. The van der Waals surface area contributed by atoms with Crippen molar-refractivity contribution in [2.45, 2.75) is 38.5 Å². The molecule has 0 spiro atoms. The number of halogens is 1. The number of aromatic nitrogens is 2. The Morgan fingerprint density at radius 1 is 1.35 bits per heavy atom. The number of aliphatic imine (C=N–C) groups is 1. The van der Waals surface area contributed by atoms with Gasteiger partial charge in [0.25, 0.3) is 0 Å². The average Bonchev–Trinajstić information content (AvgIpc) is 2.99. The van der Waals surface area contributed by atoms with E-state index in [0.717, 1.165) is 30.6 Å². The van der Waals surface area contributed by atoms with Crippen molar-refractivity contribution >= 4 is 41.4 Å². The van der Waals surface area contributed by atoms with Gasteiger partial charge in [-0.25, -0.2) is 0 Å². The van der Waals surface area contributed by atoms with Gasteiger partial charge in [0.05, 0.1) is 5.69 Å². The van der Waals surface area contributed by atoms with E-state index in [2.05, 4.69) is 44.8 Å². The van der Waals surface area contributed by atoms with Gasteiger partial charge in [0.2, 0.25) is 0 Å². The van der Waals surface area contributed by atoms with Crippen LogP contribution in [0.3, 0.4) is 0 Å². The first-order valence-corrected chi connectivity index (χ1v) is 8.59. The van der Waals surface area contributed by atoms with E-state index < -0.39 is 0 Å². The Kier molecular flexibility index (Phi) is 7.26. The van der Waals surface area contributed by atoms with Crippen molar-refractivity contribution in [3.05, 3.63) is 40.6 Å². The number of aromatic amines is 1. The molecule has 0 saturated heterocycles. The monoisotopic (exact) mass is 465 g/mol. The van der Waals surface area contributed by atoms with Crippen LogP contribution in [-0.2, 0) is 19.3 Å². The maximum absolute atomic E-state index is 9.05. The van der Waals surface area contributed by atoms with Crippen molar-refractivity contribution in [2.24, 2.45) is 10.7 Å².